The molecular formula is C15H21NO3S. The largest absolute Gasteiger partial charge is 0.384 e. The zero-order valence-corrected chi connectivity index (χ0v) is 12.7. The van der Waals surface area contributed by atoms with E-state index >= 15 is 0 Å². The first kappa shape index (κ1) is 15.2. The first-order valence-corrected chi connectivity index (χ1v) is 7.92. The topological polar surface area (TPSA) is 46.6 Å². The molecule has 0 saturated carbocycles. The number of ether oxygens (including phenoxy) is 1. The van der Waals surface area contributed by atoms with Crippen LogP contribution >= 0.6 is 11.3 Å². The van der Waals surface area contributed by atoms with Crippen LogP contribution in [-0.4, -0.2) is 43.4 Å². The predicted molar refractivity (Wildman–Crippen MR) is 79.1 cm³/mol. The Kier molecular flexibility index (Phi) is 5.73. The molecule has 2 heterocycles. The molecule has 2 rings (SSSR count). The molecule has 0 aromatic carbocycles. The zero-order valence-electron chi connectivity index (χ0n) is 11.8. The molecule has 1 fully saturated rings. The third kappa shape index (κ3) is 4.15. The van der Waals surface area contributed by atoms with Gasteiger partial charge in [0.15, 0.2) is 5.78 Å². The van der Waals surface area contributed by atoms with Crippen LogP contribution in [0.15, 0.2) is 17.5 Å². The fourth-order valence-corrected chi connectivity index (χ4v) is 3.30. The number of piperidine rings is 1. The van der Waals surface area contributed by atoms with Gasteiger partial charge in [-0.05, 0) is 30.2 Å². The highest BCUT2D eigenvalue weighted by molar-refractivity contribution is 7.12. The Labute approximate surface area is 123 Å². The average molecular weight is 295 g/mol. The first-order chi connectivity index (χ1) is 9.70. The molecule has 1 saturated heterocycles. The van der Waals surface area contributed by atoms with Crippen LogP contribution in [0.3, 0.4) is 0 Å². The predicted octanol–water partition coefficient (Wildman–Crippen LogP) is 2.60. The summed E-state index contributed by atoms with van der Waals surface area (Å²) in [5.74, 6) is 0.597. The molecule has 1 amide bonds. The van der Waals surface area contributed by atoms with Gasteiger partial charge in [0.2, 0.25) is 5.91 Å². The second kappa shape index (κ2) is 7.55. The number of carbonyl (C=O) groups excluding carboxylic acids is 2. The van der Waals surface area contributed by atoms with Crippen LogP contribution in [-0.2, 0) is 9.53 Å². The van der Waals surface area contributed by atoms with Crippen molar-refractivity contribution in [1.82, 2.24) is 4.90 Å². The SMILES string of the molecule is COCC1CCCN(C(=O)CCC(=O)c2cccs2)C1. The second-order valence-electron chi connectivity index (χ2n) is 5.20. The molecule has 20 heavy (non-hydrogen) atoms. The van der Waals surface area contributed by atoms with Crippen molar-refractivity contribution in [1.29, 1.82) is 0 Å². The van der Waals surface area contributed by atoms with Crippen LogP contribution in [0.1, 0.15) is 35.4 Å². The summed E-state index contributed by atoms with van der Waals surface area (Å²) >= 11 is 1.43. The van der Waals surface area contributed by atoms with Crippen molar-refractivity contribution in [2.45, 2.75) is 25.7 Å². The number of amides is 1. The van der Waals surface area contributed by atoms with E-state index in [1.807, 2.05) is 22.4 Å². The van der Waals surface area contributed by atoms with Gasteiger partial charge in [-0.1, -0.05) is 6.07 Å². The Morgan fingerprint density at radius 2 is 2.30 bits per heavy atom. The van der Waals surface area contributed by atoms with Crippen molar-refractivity contribution in [2.24, 2.45) is 5.92 Å². The third-order valence-corrected chi connectivity index (χ3v) is 4.55. The Morgan fingerprint density at radius 3 is 3.00 bits per heavy atom. The van der Waals surface area contributed by atoms with Gasteiger partial charge in [0.1, 0.15) is 0 Å². The molecule has 1 aromatic heterocycles. The van der Waals surface area contributed by atoms with E-state index in [1.54, 1.807) is 7.11 Å². The van der Waals surface area contributed by atoms with E-state index in [1.165, 1.54) is 11.3 Å². The zero-order chi connectivity index (χ0) is 14.4. The first-order valence-electron chi connectivity index (χ1n) is 7.04. The molecule has 1 aromatic rings. The van der Waals surface area contributed by atoms with Crippen molar-refractivity contribution >= 4 is 23.0 Å². The lowest BCUT2D eigenvalue weighted by Crippen LogP contribution is -2.41. The minimum atomic E-state index is 0.0683. The molecule has 1 aliphatic rings. The van der Waals surface area contributed by atoms with Crippen LogP contribution < -0.4 is 0 Å². The summed E-state index contributed by atoms with van der Waals surface area (Å²) in [6.07, 6.45) is 2.77. The van der Waals surface area contributed by atoms with E-state index in [2.05, 4.69) is 0 Å². The monoisotopic (exact) mass is 295 g/mol. The summed E-state index contributed by atoms with van der Waals surface area (Å²) in [7, 11) is 1.69. The molecule has 5 heteroatoms. The van der Waals surface area contributed by atoms with Gasteiger partial charge < -0.3 is 9.64 Å². The summed E-state index contributed by atoms with van der Waals surface area (Å²) < 4.78 is 5.17. The highest BCUT2D eigenvalue weighted by Crippen LogP contribution is 2.18. The minimum absolute atomic E-state index is 0.0683. The van der Waals surface area contributed by atoms with E-state index < -0.39 is 0 Å². The smallest absolute Gasteiger partial charge is 0.223 e. The Hall–Kier alpha value is -1.20. The van der Waals surface area contributed by atoms with E-state index in [-0.39, 0.29) is 11.7 Å². The number of carbonyl (C=O) groups is 2. The molecule has 0 aliphatic carbocycles. The van der Waals surface area contributed by atoms with Crippen molar-refractivity contribution in [2.75, 3.05) is 26.8 Å². The number of Topliss-reactive ketones (excluding diaryl/α,β-unsaturated/α-hetero) is 1. The molecular weight excluding hydrogens is 274 g/mol. The van der Waals surface area contributed by atoms with E-state index in [0.717, 1.165) is 30.8 Å². The van der Waals surface area contributed by atoms with Gasteiger partial charge in [-0.3, -0.25) is 9.59 Å². The molecule has 4 nitrogen and oxygen atoms in total. The van der Waals surface area contributed by atoms with Gasteiger partial charge in [0.05, 0.1) is 11.5 Å². The van der Waals surface area contributed by atoms with Crippen LogP contribution in [0.2, 0.25) is 0 Å². The lowest BCUT2D eigenvalue weighted by Gasteiger charge is -2.32. The average Bonchev–Trinajstić information content (AvgIpc) is 2.99. The van der Waals surface area contributed by atoms with Crippen LogP contribution in [0.25, 0.3) is 0 Å². The molecule has 0 N–H and O–H groups in total. The Balaban J connectivity index is 1.78. The van der Waals surface area contributed by atoms with Crippen molar-refractivity contribution in [3.63, 3.8) is 0 Å². The van der Waals surface area contributed by atoms with E-state index in [9.17, 15) is 9.59 Å². The molecule has 0 spiro atoms. The molecule has 0 bridgehead atoms. The third-order valence-electron chi connectivity index (χ3n) is 3.64. The van der Waals surface area contributed by atoms with Gasteiger partial charge in [-0.25, -0.2) is 0 Å². The summed E-state index contributed by atoms with van der Waals surface area (Å²) in [6.45, 7) is 2.28. The van der Waals surface area contributed by atoms with Gasteiger partial charge in [0.25, 0.3) is 0 Å². The molecule has 0 radical (unpaired) electrons. The summed E-state index contributed by atoms with van der Waals surface area (Å²) in [6, 6.07) is 3.67. The summed E-state index contributed by atoms with van der Waals surface area (Å²) in [5.41, 5.74) is 0. The van der Waals surface area contributed by atoms with E-state index in [4.69, 9.17) is 4.74 Å². The fraction of sp³-hybridized carbons (Fsp3) is 0.600. The summed E-state index contributed by atoms with van der Waals surface area (Å²) in [5, 5.41) is 1.88. The number of rotatable bonds is 6. The minimum Gasteiger partial charge on any atom is -0.384 e. The number of hydrogen-bond donors (Lipinski definition) is 0. The Morgan fingerprint density at radius 1 is 1.45 bits per heavy atom. The van der Waals surface area contributed by atoms with Crippen LogP contribution in [0.4, 0.5) is 0 Å². The fourth-order valence-electron chi connectivity index (χ4n) is 2.60. The van der Waals surface area contributed by atoms with Crippen molar-refractivity contribution in [3.8, 4) is 0 Å². The molecule has 1 aliphatic heterocycles. The van der Waals surface area contributed by atoms with Gasteiger partial charge >= 0.3 is 0 Å². The van der Waals surface area contributed by atoms with Crippen LogP contribution in [0.5, 0.6) is 0 Å². The molecule has 1 atom stereocenters. The maximum Gasteiger partial charge on any atom is 0.223 e. The number of likely N-dealkylation sites (tertiary alicyclic amines) is 1. The maximum atomic E-state index is 12.2. The molecule has 110 valence electrons. The highest BCUT2D eigenvalue weighted by Gasteiger charge is 2.23. The second-order valence-corrected chi connectivity index (χ2v) is 6.15. The maximum absolute atomic E-state index is 12.2. The van der Waals surface area contributed by atoms with Crippen LogP contribution in [0, 0.1) is 5.92 Å². The number of nitrogens with zero attached hydrogens (tertiary/aromatic N) is 1. The van der Waals surface area contributed by atoms with Crippen molar-refractivity contribution < 1.29 is 14.3 Å². The Bertz CT molecular complexity index is 442. The summed E-state index contributed by atoms with van der Waals surface area (Å²) in [4.78, 5) is 26.7. The van der Waals surface area contributed by atoms with Gasteiger partial charge in [-0.2, -0.15) is 0 Å². The standard InChI is InChI=1S/C15H21NO3S/c1-19-11-12-4-2-8-16(10-12)15(18)7-6-13(17)14-5-3-9-20-14/h3,5,9,12H,2,4,6-8,10-11H2,1H3. The van der Waals surface area contributed by atoms with Gasteiger partial charge in [0, 0.05) is 33.0 Å². The normalized spacial score (nSPS) is 19.1. The number of ketones is 1. The lowest BCUT2D eigenvalue weighted by molar-refractivity contribution is -0.133. The quantitative estimate of drug-likeness (QED) is 0.758. The number of methoxy groups -OCH3 is 1. The number of hydrogen-bond acceptors (Lipinski definition) is 4. The molecule has 1 unspecified atom stereocenters. The van der Waals surface area contributed by atoms with Crippen molar-refractivity contribution in [3.05, 3.63) is 22.4 Å². The number of thiophene rings is 1. The lowest BCUT2D eigenvalue weighted by atomic mass is 9.98. The van der Waals surface area contributed by atoms with Gasteiger partial charge in [-0.15, -0.1) is 11.3 Å². The highest BCUT2D eigenvalue weighted by atomic mass is 32.1. The van der Waals surface area contributed by atoms with E-state index in [0.29, 0.717) is 25.4 Å².